The van der Waals surface area contributed by atoms with Gasteiger partial charge >= 0.3 is 0 Å². The lowest BCUT2D eigenvalue weighted by Gasteiger charge is -2.15. The van der Waals surface area contributed by atoms with Crippen molar-refractivity contribution in [3.63, 3.8) is 0 Å². The maximum Gasteiger partial charge on any atom is 0.264 e. The fourth-order valence-electron chi connectivity index (χ4n) is 2.29. The first-order chi connectivity index (χ1) is 12.1. The van der Waals surface area contributed by atoms with Crippen LogP contribution >= 0.6 is 0 Å². The predicted molar refractivity (Wildman–Crippen MR) is 93.4 cm³/mol. The Kier molecular flexibility index (Phi) is 5.09. The molecule has 0 bridgehead atoms. The molecule has 0 unspecified atom stereocenters. The number of anilines is 1. The van der Waals surface area contributed by atoms with E-state index in [-0.39, 0.29) is 12.5 Å². The van der Waals surface area contributed by atoms with Gasteiger partial charge in [0.25, 0.3) is 5.89 Å². The van der Waals surface area contributed by atoms with Crippen LogP contribution < -0.4 is 9.64 Å². The number of nitrogens with zero attached hydrogens (tertiary/aromatic N) is 3. The summed E-state index contributed by atoms with van der Waals surface area (Å²) >= 11 is 0. The molecule has 2 aromatic carbocycles. The number of carbonyl (C=O) groups is 1. The van der Waals surface area contributed by atoms with Crippen molar-refractivity contribution in [2.75, 3.05) is 11.9 Å². The van der Waals surface area contributed by atoms with Gasteiger partial charge in [0, 0.05) is 26.1 Å². The number of ether oxygens (including phenoxy) is 1. The summed E-state index contributed by atoms with van der Waals surface area (Å²) in [5.41, 5.74) is 1.93. The third-order valence-electron chi connectivity index (χ3n) is 3.77. The molecule has 3 rings (SSSR count). The highest BCUT2D eigenvalue weighted by molar-refractivity contribution is 5.90. The molecule has 0 atom stereocenters. The van der Waals surface area contributed by atoms with Gasteiger partial charge in [0.1, 0.15) is 5.75 Å². The van der Waals surface area contributed by atoms with Gasteiger partial charge in [-0.3, -0.25) is 4.79 Å². The first-order valence-corrected chi connectivity index (χ1v) is 7.94. The number of hydrogen-bond donors (Lipinski definition) is 0. The molecule has 6 nitrogen and oxygen atoms in total. The van der Waals surface area contributed by atoms with Crippen molar-refractivity contribution in [2.24, 2.45) is 0 Å². The van der Waals surface area contributed by atoms with Gasteiger partial charge in [-0.05, 0) is 29.8 Å². The van der Waals surface area contributed by atoms with Gasteiger partial charge in [0.05, 0.1) is 0 Å². The summed E-state index contributed by atoms with van der Waals surface area (Å²) in [7, 11) is 1.73. The van der Waals surface area contributed by atoms with Crippen molar-refractivity contribution in [3.8, 4) is 5.75 Å². The second-order valence-corrected chi connectivity index (χ2v) is 5.63. The van der Waals surface area contributed by atoms with Crippen LogP contribution in [0.25, 0.3) is 0 Å². The van der Waals surface area contributed by atoms with Crippen molar-refractivity contribution in [1.82, 2.24) is 10.1 Å². The van der Waals surface area contributed by atoms with E-state index in [0.29, 0.717) is 23.9 Å². The Labute approximate surface area is 146 Å². The Bertz CT molecular complexity index is 829. The van der Waals surface area contributed by atoms with Crippen molar-refractivity contribution in [1.29, 1.82) is 0 Å². The summed E-state index contributed by atoms with van der Waals surface area (Å²) in [4.78, 5) is 17.2. The third-order valence-corrected chi connectivity index (χ3v) is 3.77. The molecule has 0 aliphatic heterocycles. The van der Waals surface area contributed by atoms with Crippen LogP contribution in [-0.2, 0) is 17.8 Å². The van der Waals surface area contributed by atoms with Crippen LogP contribution in [0, 0.1) is 0 Å². The van der Waals surface area contributed by atoms with Gasteiger partial charge < -0.3 is 14.2 Å². The number of benzene rings is 2. The largest absolute Gasteiger partial charge is 0.484 e. The van der Waals surface area contributed by atoms with Gasteiger partial charge in [0.15, 0.2) is 12.4 Å². The fraction of sp³-hybridized carbons (Fsp3) is 0.211. The molecule has 0 saturated carbocycles. The first kappa shape index (κ1) is 16.7. The molecule has 0 aliphatic rings. The van der Waals surface area contributed by atoms with Gasteiger partial charge in [-0.1, -0.05) is 35.5 Å². The second-order valence-electron chi connectivity index (χ2n) is 5.63. The minimum Gasteiger partial charge on any atom is -0.484 e. The minimum atomic E-state index is -0.0227. The lowest BCUT2D eigenvalue weighted by molar-refractivity contribution is -0.116. The van der Waals surface area contributed by atoms with Crippen LogP contribution in [0.1, 0.15) is 24.2 Å². The molecule has 0 saturated heterocycles. The average molecular weight is 337 g/mol. The van der Waals surface area contributed by atoms with Crippen LogP contribution in [0.4, 0.5) is 5.69 Å². The SMILES string of the molecule is CC(=O)N(C)c1ccc(OCc2nc(Cc3ccccc3)no2)cc1. The Morgan fingerprint density at radius 1 is 1.12 bits per heavy atom. The maximum absolute atomic E-state index is 11.3. The van der Waals surface area contributed by atoms with Crippen molar-refractivity contribution >= 4 is 11.6 Å². The molecule has 0 aliphatic carbocycles. The zero-order valence-corrected chi connectivity index (χ0v) is 14.2. The topological polar surface area (TPSA) is 68.5 Å². The van der Waals surface area contributed by atoms with E-state index in [1.54, 1.807) is 24.1 Å². The highest BCUT2D eigenvalue weighted by Crippen LogP contribution is 2.19. The highest BCUT2D eigenvalue weighted by Gasteiger charge is 2.09. The van der Waals surface area contributed by atoms with Crippen LogP contribution in [0.2, 0.25) is 0 Å². The zero-order valence-electron chi connectivity index (χ0n) is 14.2. The van der Waals surface area contributed by atoms with E-state index in [2.05, 4.69) is 10.1 Å². The minimum absolute atomic E-state index is 0.0227. The molecule has 0 fully saturated rings. The number of rotatable bonds is 6. The normalized spacial score (nSPS) is 10.5. The molecule has 1 aromatic heterocycles. The van der Waals surface area contributed by atoms with Gasteiger partial charge in [-0.2, -0.15) is 4.98 Å². The molecule has 1 amide bonds. The van der Waals surface area contributed by atoms with E-state index in [4.69, 9.17) is 9.26 Å². The number of aromatic nitrogens is 2. The smallest absolute Gasteiger partial charge is 0.264 e. The van der Waals surface area contributed by atoms with Crippen LogP contribution in [0.3, 0.4) is 0 Å². The number of amides is 1. The van der Waals surface area contributed by atoms with E-state index in [1.165, 1.54) is 6.92 Å². The van der Waals surface area contributed by atoms with E-state index < -0.39 is 0 Å². The molecule has 1 heterocycles. The lowest BCUT2D eigenvalue weighted by atomic mass is 10.1. The van der Waals surface area contributed by atoms with Crippen molar-refractivity contribution < 1.29 is 14.1 Å². The molecule has 6 heteroatoms. The van der Waals surface area contributed by atoms with Crippen molar-refractivity contribution in [3.05, 3.63) is 71.9 Å². The van der Waals surface area contributed by atoms with Crippen molar-refractivity contribution in [2.45, 2.75) is 20.0 Å². The fourth-order valence-corrected chi connectivity index (χ4v) is 2.29. The summed E-state index contributed by atoms with van der Waals surface area (Å²) < 4.78 is 10.9. The monoisotopic (exact) mass is 337 g/mol. The van der Waals surface area contributed by atoms with Crippen LogP contribution in [0.15, 0.2) is 59.1 Å². The highest BCUT2D eigenvalue weighted by atomic mass is 16.5. The number of carbonyl (C=O) groups excluding carboxylic acids is 1. The van der Waals surface area contributed by atoms with Crippen LogP contribution in [0.5, 0.6) is 5.75 Å². The summed E-state index contributed by atoms with van der Waals surface area (Å²) in [6.07, 6.45) is 0.621. The predicted octanol–water partition coefficient (Wildman–Crippen LogP) is 3.22. The molecular weight excluding hydrogens is 318 g/mol. The van der Waals surface area contributed by atoms with Gasteiger partial charge in [-0.15, -0.1) is 0 Å². The lowest BCUT2D eigenvalue weighted by Crippen LogP contribution is -2.22. The third kappa shape index (κ3) is 4.44. The Morgan fingerprint density at radius 3 is 2.52 bits per heavy atom. The first-order valence-electron chi connectivity index (χ1n) is 7.94. The second kappa shape index (κ2) is 7.61. The van der Waals surface area contributed by atoms with E-state index in [9.17, 15) is 4.79 Å². The molecular formula is C19H19N3O3. The van der Waals surface area contributed by atoms with E-state index >= 15 is 0 Å². The summed E-state index contributed by atoms with van der Waals surface area (Å²) in [5.74, 6) is 1.70. The number of hydrogen-bond acceptors (Lipinski definition) is 5. The molecule has 0 N–H and O–H groups in total. The maximum atomic E-state index is 11.3. The van der Waals surface area contributed by atoms with E-state index in [1.807, 2.05) is 42.5 Å². The van der Waals surface area contributed by atoms with Gasteiger partial charge in [0.2, 0.25) is 5.91 Å². The van der Waals surface area contributed by atoms with Crippen LogP contribution in [-0.4, -0.2) is 23.1 Å². The molecule has 3 aromatic rings. The van der Waals surface area contributed by atoms with Gasteiger partial charge in [-0.25, -0.2) is 0 Å². The summed E-state index contributed by atoms with van der Waals surface area (Å²) in [5, 5.41) is 3.97. The van der Waals surface area contributed by atoms with E-state index in [0.717, 1.165) is 11.3 Å². The summed E-state index contributed by atoms with van der Waals surface area (Å²) in [6.45, 7) is 1.72. The molecule has 0 radical (unpaired) electrons. The zero-order chi connectivity index (χ0) is 17.6. The summed E-state index contributed by atoms with van der Waals surface area (Å²) in [6, 6.07) is 17.2. The average Bonchev–Trinajstić information content (AvgIpc) is 3.08. The Morgan fingerprint density at radius 2 is 1.84 bits per heavy atom. The molecule has 128 valence electrons. The quantitative estimate of drug-likeness (QED) is 0.691. The Balaban J connectivity index is 1.56. The Hall–Kier alpha value is -3.15. The molecule has 25 heavy (non-hydrogen) atoms. The standard InChI is InChI=1S/C19H19N3O3/c1-14(23)22(2)16-8-10-17(11-9-16)24-13-19-20-18(21-25-19)12-15-6-4-3-5-7-15/h3-11H,12-13H2,1-2H3. The molecule has 0 spiro atoms.